The highest BCUT2D eigenvalue weighted by atomic mass is 32.2. The van der Waals surface area contributed by atoms with Gasteiger partial charge >= 0.3 is 0 Å². The summed E-state index contributed by atoms with van der Waals surface area (Å²) in [7, 11) is -3.45. The Morgan fingerprint density at radius 2 is 1.74 bits per heavy atom. The minimum atomic E-state index is -3.45. The number of likely N-dealkylation sites (N-methyl/N-ethyl adjacent to an activating group) is 1. The van der Waals surface area contributed by atoms with Crippen molar-refractivity contribution in [3.8, 4) is 0 Å². The molecule has 0 aliphatic carbocycles. The predicted octanol–water partition coefficient (Wildman–Crippen LogP) is 0.826. The first-order valence-electron chi connectivity index (χ1n) is 7.95. The summed E-state index contributed by atoms with van der Waals surface area (Å²) in [6, 6.07) is 6.67. The molecule has 0 unspecified atom stereocenters. The number of carbonyl (C=O) groups excluding carboxylic acids is 1. The van der Waals surface area contributed by atoms with Crippen molar-refractivity contribution in [3.63, 3.8) is 0 Å². The predicted molar refractivity (Wildman–Crippen MR) is 89.7 cm³/mol. The van der Waals surface area contributed by atoms with Crippen LogP contribution in [0.2, 0.25) is 0 Å². The minimum absolute atomic E-state index is 0.0117. The number of hydrogen-bond acceptors (Lipinski definition) is 4. The molecule has 1 N–H and O–H groups in total. The van der Waals surface area contributed by atoms with Crippen LogP contribution >= 0.6 is 0 Å². The van der Waals surface area contributed by atoms with Gasteiger partial charge in [-0.1, -0.05) is 17.7 Å². The first-order valence-corrected chi connectivity index (χ1v) is 9.39. The molecule has 1 heterocycles. The van der Waals surface area contributed by atoms with Crippen LogP contribution in [0.25, 0.3) is 0 Å². The molecule has 1 aliphatic heterocycles. The molecule has 0 spiro atoms. The largest absolute Gasteiger partial charge is 0.355 e. The summed E-state index contributed by atoms with van der Waals surface area (Å²) in [4.78, 5) is 14.2. The maximum Gasteiger partial charge on any atom is 0.243 e. The molecule has 1 aromatic rings. The molecule has 23 heavy (non-hydrogen) atoms. The van der Waals surface area contributed by atoms with Crippen LogP contribution in [0.5, 0.6) is 0 Å². The summed E-state index contributed by atoms with van der Waals surface area (Å²) in [5.74, 6) is -0.0117. The van der Waals surface area contributed by atoms with Gasteiger partial charge in [0, 0.05) is 32.7 Å². The first-order chi connectivity index (χ1) is 10.9. The van der Waals surface area contributed by atoms with Crippen LogP contribution in [0.4, 0.5) is 0 Å². The van der Waals surface area contributed by atoms with Gasteiger partial charge in [0.05, 0.1) is 10.9 Å². The van der Waals surface area contributed by atoms with Gasteiger partial charge in [-0.05, 0) is 32.9 Å². The smallest absolute Gasteiger partial charge is 0.243 e. The van der Waals surface area contributed by atoms with E-state index in [-0.39, 0.29) is 11.9 Å². The summed E-state index contributed by atoms with van der Waals surface area (Å²) in [5, 5.41) is 2.80. The first kappa shape index (κ1) is 17.9. The second kappa shape index (κ2) is 7.42. The van der Waals surface area contributed by atoms with Gasteiger partial charge in [-0.25, -0.2) is 8.42 Å². The van der Waals surface area contributed by atoms with Crippen molar-refractivity contribution in [2.45, 2.75) is 31.7 Å². The molecule has 1 fully saturated rings. The van der Waals surface area contributed by atoms with Crippen LogP contribution in [0.1, 0.15) is 19.4 Å². The van der Waals surface area contributed by atoms with Crippen LogP contribution in [0.15, 0.2) is 29.2 Å². The molecule has 1 aliphatic rings. The Hall–Kier alpha value is -1.44. The van der Waals surface area contributed by atoms with E-state index in [1.165, 1.54) is 4.31 Å². The van der Waals surface area contributed by atoms with Gasteiger partial charge in [-0.2, -0.15) is 4.31 Å². The molecular weight excluding hydrogens is 314 g/mol. The van der Waals surface area contributed by atoms with E-state index in [1.54, 1.807) is 24.3 Å². The molecule has 0 saturated carbocycles. The van der Waals surface area contributed by atoms with E-state index in [0.717, 1.165) is 5.56 Å². The Kier molecular flexibility index (Phi) is 5.78. The minimum Gasteiger partial charge on any atom is -0.355 e. The maximum atomic E-state index is 12.6. The van der Waals surface area contributed by atoms with Gasteiger partial charge in [0.15, 0.2) is 0 Å². The van der Waals surface area contributed by atoms with E-state index in [0.29, 0.717) is 37.6 Å². The van der Waals surface area contributed by atoms with Gasteiger partial charge in [-0.15, -0.1) is 0 Å². The standard InChI is InChI=1S/C16H25N3O3S/c1-4-17-16(20)14(3)18-9-11-19(12-10-18)23(21,22)15-7-5-13(2)6-8-15/h5-8,14H,4,9-12H2,1-3H3,(H,17,20)/t14-/m1/s1. The van der Waals surface area contributed by atoms with E-state index < -0.39 is 10.0 Å². The van der Waals surface area contributed by atoms with E-state index in [9.17, 15) is 13.2 Å². The van der Waals surface area contributed by atoms with Crippen molar-refractivity contribution < 1.29 is 13.2 Å². The Balaban J connectivity index is 2.01. The van der Waals surface area contributed by atoms with Crippen LogP contribution < -0.4 is 5.32 Å². The summed E-state index contributed by atoms with van der Waals surface area (Å²) < 4.78 is 26.8. The SMILES string of the molecule is CCNC(=O)[C@@H](C)N1CCN(S(=O)(=O)c2ccc(C)cc2)CC1. The van der Waals surface area contributed by atoms with Gasteiger partial charge in [0.1, 0.15) is 0 Å². The fraction of sp³-hybridized carbons (Fsp3) is 0.562. The number of nitrogens with zero attached hydrogens (tertiary/aromatic N) is 2. The third-order valence-corrected chi connectivity index (χ3v) is 6.12. The summed E-state index contributed by atoms with van der Waals surface area (Å²) in [5.41, 5.74) is 1.03. The lowest BCUT2D eigenvalue weighted by molar-refractivity contribution is -0.126. The van der Waals surface area contributed by atoms with E-state index in [1.807, 2.05) is 25.7 Å². The average molecular weight is 339 g/mol. The summed E-state index contributed by atoms with van der Waals surface area (Å²) >= 11 is 0. The molecule has 0 aromatic heterocycles. The van der Waals surface area contributed by atoms with Crippen molar-refractivity contribution in [2.75, 3.05) is 32.7 Å². The van der Waals surface area contributed by atoms with Crippen LogP contribution in [-0.4, -0.2) is 62.3 Å². The van der Waals surface area contributed by atoms with E-state index in [4.69, 9.17) is 0 Å². The number of amides is 1. The maximum absolute atomic E-state index is 12.6. The third-order valence-electron chi connectivity index (χ3n) is 4.21. The van der Waals surface area contributed by atoms with Gasteiger partial charge in [-0.3, -0.25) is 9.69 Å². The van der Waals surface area contributed by atoms with Crippen LogP contribution in [0.3, 0.4) is 0 Å². The number of aryl methyl sites for hydroxylation is 1. The van der Waals surface area contributed by atoms with Crippen molar-refractivity contribution in [2.24, 2.45) is 0 Å². The number of benzene rings is 1. The van der Waals surface area contributed by atoms with Crippen molar-refractivity contribution in [1.82, 2.24) is 14.5 Å². The average Bonchev–Trinajstić information content (AvgIpc) is 2.55. The number of nitrogens with one attached hydrogen (secondary N) is 1. The molecule has 0 radical (unpaired) electrons. The molecule has 7 heteroatoms. The lowest BCUT2D eigenvalue weighted by atomic mass is 10.2. The van der Waals surface area contributed by atoms with Gasteiger partial charge in [0.2, 0.25) is 15.9 Å². The lowest BCUT2D eigenvalue weighted by Gasteiger charge is -2.36. The fourth-order valence-corrected chi connectivity index (χ4v) is 4.10. The number of hydrogen-bond donors (Lipinski definition) is 1. The molecule has 1 atom stereocenters. The van der Waals surface area contributed by atoms with E-state index in [2.05, 4.69) is 5.32 Å². The Morgan fingerprint density at radius 1 is 1.17 bits per heavy atom. The Labute approximate surface area is 138 Å². The molecule has 1 aromatic carbocycles. The zero-order valence-corrected chi connectivity index (χ0v) is 14.8. The Bertz CT molecular complexity index is 635. The highest BCUT2D eigenvalue weighted by molar-refractivity contribution is 7.89. The molecule has 0 bridgehead atoms. The summed E-state index contributed by atoms with van der Waals surface area (Å²) in [6.07, 6.45) is 0. The number of carbonyl (C=O) groups is 1. The second-order valence-corrected chi connectivity index (χ2v) is 7.76. The van der Waals surface area contributed by atoms with Gasteiger partial charge < -0.3 is 5.32 Å². The van der Waals surface area contributed by atoms with E-state index >= 15 is 0 Å². The molecule has 2 rings (SSSR count). The third kappa shape index (κ3) is 4.10. The van der Waals surface area contributed by atoms with Crippen LogP contribution in [-0.2, 0) is 14.8 Å². The monoisotopic (exact) mass is 339 g/mol. The normalized spacial score (nSPS) is 18.6. The number of rotatable bonds is 5. The molecule has 1 amide bonds. The van der Waals surface area contributed by atoms with Crippen LogP contribution in [0, 0.1) is 6.92 Å². The van der Waals surface area contributed by atoms with Crippen molar-refractivity contribution in [1.29, 1.82) is 0 Å². The highest BCUT2D eigenvalue weighted by Crippen LogP contribution is 2.18. The zero-order valence-electron chi connectivity index (χ0n) is 13.9. The quantitative estimate of drug-likeness (QED) is 0.862. The Morgan fingerprint density at radius 3 is 2.26 bits per heavy atom. The molecule has 128 valence electrons. The molecular formula is C16H25N3O3S. The van der Waals surface area contributed by atoms with Crippen molar-refractivity contribution >= 4 is 15.9 Å². The van der Waals surface area contributed by atoms with Crippen molar-refractivity contribution in [3.05, 3.63) is 29.8 Å². The van der Waals surface area contributed by atoms with Gasteiger partial charge in [0.25, 0.3) is 0 Å². The second-order valence-electron chi connectivity index (χ2n) is 5.82. The molecule has 1 saturated heterocycles. The fourth-order valence-electron chi connectivity index (χ4n) is 2.68. The highest BCUT2D eigenvalue weighted by Gasteiger charge is 2.31. The topological polar surface area (TPSA) is 69.7 Å². The zero-order chi connectivity index (χ0) is 17.0. The number of sulfonamides is 1. The lowest BCUT2D eigenvalue weighted by Crippen LogP contribution is -2.54. The summed E-state index contributed by atoms with van der Waals surface area (Å²) in [6.45, 7) is 8.20. The number of piperazine rings is 1. The molecule has 6 nitrogen and oxygen atoms in total.